The summed E-state index contributed by atoms with van der Waals surface area (Å²) < 4.78 is 10.5. The van der Waals surface area contributed by atoms with E-state index in [2.05, 4.69) is 0 Å². The van der Waals surface area contributed by atoms with Crippen molar-refractivity contribution in [2.75, 3.05) is 24.4 Å². The van der Waals surface area contributed by atoms with Crippen molar-refractivity contribution in [1.29, 1.82) is 0 Å². The van der Waals surface area contributed by atoms with Gasteiger partial charge in [-0.3, -0.25) is 9.69 Å². The Kier molecular flexibility index (Phi) is 6.05. The highest BCUT2D eigenvalue weighted by atomic mass is 32.2. The van der Waals surface area contributed by atoms with E-state index in [1.807, 2.05) is 54.6 Å². The van der Waals surface area contributed by atoms with E-state index >= 15 is 0 Å². The van der Waals surface area contributed by atoms with Crippen LogP contribution >= 0.6 is 11.8 Å². The smallest absolute Gasteiger partial charge is 0.338 e. The van der Waals surface area contributed by atoms with Crippen LogP contribution in [-0.2, 0) is 9.53 Å². The molecule has 1 atom stereocenters. The Labute approximate surface area is 179 Å². The lowest BCUT2D eigenvalue weighted by Crippen LogP contribution is -2.41. The zero-order valence-corrected chi connectivity index (χ0v) is 17.3. The van der Waals surface area contributed by atoms with Gasteiger partial charge in [0.1, 0.15) is 5.75 Å². The van der Waals surface area contributed by atoms with Gasteiger partial charge in [0.2, 0.25) is 0 Å². The number of anilines is 1. The molecule has 30 heavy (non-hydrogen) atoms. The molecule has 3 aromatic rings. The summed E-state index contributed by atoms with van der Waals surface area (Å²) >= 11 is 1.72. The molecule has 0 bridgehead atoms. The van der Waals surface area contributed by atoms with E-state index in [4.69, 9.17) is 9.47 Å². The molecule has 0 aliphatic carbocycles. The van der Waals surface area contributed by atoms with E-state index in [-0.39, 0.29) is 18.6 Å². The molecule has 1 aliphatic rings. The SMILES string of the molecule is COc1cccc(C(=O)OCC(=O)N2c3ccccc3SC[C@H]2c2ccccc2)c1. The van der Waals surface area contributed by atoms with Crippen LogP contribution in [0.5, 0.6) is 5.75 Å². The average Bonchev–Trinajstić information content (AvgIpc) is 2.82. The zero-order chi connectivity index (χ0) is 20.9. The van der Waals surface area contributed by atoms with Gasteiger partial charge in [0.25, 0.3) is 5.91 Å². The van der Waals surface area contributed by atoms with E-state index in [1.165, 1.54) is 7.11 Å². The fourth-order valence-electron chi connectivity index (χ4n) is 3.45. The van der Waals surface area contributed by atoms with E-state index < -0.39 is 5.97 Å². The van der Waals surface area contributed by atoms with E-state index in [9.17, 15) is 9.59 Å². The first-order valence-electron chi connectivity index (χ1n) is 9.57. The lowest BCUT2D eigenvalue weighted by atomic mass is 10.1. The van der Waals surface area contributed by atoms with Gasteiger partial charge in [0, 0.05) is 10.6 Å². The Bertz CT molecular complexity index is 1050. The minimum absolute atomic E-state index is 0.130. The molecule has 1 aliphatic heterocycles. The third-order valence-corrected chi connectivity index (χ3v) is 6.06. The zero-order valence-electron chi connectivity index (χ0n) is 16.5. The maximum Gasteiger partial charge on any atom is 0.338 e. The summed E-state index contributed by atoms with van der Waals surface area (Å²) in [5.41, 5.74) is 2.23. The number of esters is 1. The van der Waals surface area contributed by atoms with Crippen LogP contribution in [0.15, 0.2) is 83.8 Å². The van der Waals surface area contributed by atoms with Crippen LogP contribution in [-0.4, -0.2) is 31.3 Å². The molecule has 4 rings (SSSR count). The number of hydrogen-bond acceptors (Lipinski definition) is 5. The summed E-state index contributed by atoms with van der Waals surface area (Å²) in [6, 6.07) is 24.3. The van der Waals surface area contributed by atoms with Gasteiger partial charge >= 0.3 is 5.97 Å². The number of methoxy groups -OCH3 is 1. The summed E-state index contributed by atoms with van der Waals surface area (Å²) in [4.78, 5) is 28.5. The van der Waals surface area contributed by atoms with Crippen molar-refractivity contribution >= 4 is 29.3 Å². The highest BCUT2D eigenvalue weighted by Gasteiger charge is 2.32. The van der Waals surface area contributed by atoms with Crippen molar-refractivity contribution in [2.24, 2.45) is 0 Å². The summed E-state index contributed by atoms with van der Waals surface area (Å²) in [7, 11) is 1.53. The molecule has 1 amide bonds. The van der Waals surface area contributed by atoms with Crippen molar-refractivity contribution in [3.05, 3.63) is 90.0 Å². The van der Waals surface area contributed by atoms with Crippen molar-refractivity contribution in [1.82, 2.24) is 0 Å². The minimum Gasteiger partial charge on any atom is -0.497 e. The molecule has 0 N–H and O–H groups in total. The number of rotatable bonds is 5. The number of benzene rings is 3. The number of thioether (sulfide) groups is 1. The number of nitrogens with zero attached hydrogens (tertiary/aromatic N) is 1. The summed E-state index contributed by atoms with van der Waals surface area (Å²) in [5.74, 6) is 0.476. The topological polar surface area (TPSA) is 55.8 Å². The highest BCUT2D eigenvalue weighted by Crippen LogP contribution is 2.43. The van der Waals surface area contributed by atoms with Crippen LogP contribution in [0, 0.1) is 0 Å². The molecule has 0 saturated carbocycles. The van der Waals surface area contributed by atoms with E-state index in [0.29, 0.717) is 11.3 Å². The molecule has 5 nitrogen and oxygen atoms in total. The first kappa shape index (κ1) is 20.0. The molecule has 0 aromatic heterocycles. The molecule has 3 aromatic carbocycles. The maximum absolute atomic E-state index is 13.2. The van der Waals surface area contributed by atoms with Gasteiger partial charge in [-0.05, 0) is 35.9 Å². The molecule has 0 fully saturated rings. The van der Waals surface area contributed by atoms with Crippen LogP contribution in [0.3, 0.4) is 0 Å². The van der Waals surface area contributed by atoms with E-state index in [0.717, 1.165) is 21.9 Å². The van der Waals surface area contributed by atoms with Crippen molar-refractivity contribution < 1.29 is 19.1 Å². The third kappa shape index (κ3) is 4.19. The van der Waals surface area contributed by atoms with Gasteiger partial charge < -0.3 is 9.47 Å². The number of para-hydroxylation sites is 1. The number of hydrogen-bond donors (Lipinski definition) is 0. The van der Waals surface area contributed by atoms with Crippen molar-refractivity contribution in [3.8, 4) is 5.75 Å². The lowest BCUT2D eigenvalue weighted by molar-refractivity contribution is -0.122. The van der Waals surface area contributed by atoms with Crippen LogP contribution in [0.2, 0.25) is 0 Å². The molecule has 1 heterocycles. The monoisotopic (exact) mass is 419 g/mol. The summed E-state index contributed by atoms with van der Waals surface area (Å²) in [6.45, 7) is -0.335. The third-order valence-electron chi connectivity index (χ3n) is 4.92. The summed E-state index contributed by atoms with van der Waals surface area (Å²) in [5, 5.41) is 0. The molecular weight excluding hydrogens is 398 g/mol. The first-order chi connectivity index (χ1) is 14.7. The van der Waals surface area contributed by atoms with E-state index in [1.54, 1.807) is 40.9 Å². The van der Waals surface area contributed by atoms with Crippen molar-refractivity contribution in [2.45, 2.75) is 10.9 Å². The standard InChI is InChI=1S/C24H21NO4S/c1-28-19-11-7-10-18(14-19)24(27)29-15-23(26)25-20-12-5-6-13-22(20)30-16-21(25)17-8-3-2-4-9-17/h2-14,21H,15-16H2,1H3/t21-/m0/s1. The molecular formula is C24H21NO4S. The number of carbonyl (C=O) groups is 2. The van der Waals surface area contributed by atoms with Crippen molar-refractivity contribution in [3.63, 3.8) is 0 Å². The number of carbonyl (C=O) groups excluding carboxylic acids is 2. The second-order valence-electron chi connectivity index (χ2n) is 6.78. The van der Waals surface area contributed by atoms with Gasteiger partial charge in [0.15, 0.2) is 6.61 Å². The summed E-state index contributed by atoms with van der Waals surface area (Å²) in [6.07, 6.45) is 0. The van der Waals surface area contributed by atoms with Crippen LogP contribution in [0.1, 0.15) is 22.0 Å². The van der Waals surface area contributed by atoms with Gasteiger partial charge in [-0.2, -0.15) is 0 Å². The molecule has 0 unspecified atom stereocenters. The predicted octanol–water partition coefficient (Wildman–Crippen LogP) is 4.73. The second kappa shape index (κ2) is 9.05. The lowest BCUT2D eigenvalue weighted by Gasteiger charge is -2.37. The Morgan fingerprint density at radius 3 is 2.57 bits per heavy atom. The largest absolute Gasteiger partial charge is 0.497 e. The number of fused-ring (bicyclic) bond motifs is 1. The first-order valence-corrected chi connectivity index (χ1v) is 10.6. The molecule has 0 spiro atoms. The molecule has 152 valence electrons. The quantitative estimate of drug-likeness (QED) is 0.560. The molecule has 0 saturated heterocycles. The predicted molar refractivity (Wildman–Crippen MR) is 117 cm³/mol. The highest BCUT2D eigenvalue weighted by molar-refractivity contribution is 7.99. The molecule has 6 heteroatoms. The number of amides is 1. The van der Waals surface area contributed by atoms with Gasteiger partial charge in [0.05, 0.1) is 24.4 Å². The Morgan fingerprint density at radius 2 is 1.77 bits per heavy atom. The average molecular weight is 420 g/mol. The fourth-order valence-corrected chi connectivity index (χ4v) is 4.62. The fraction of sp³-hybridized carbons (Fsp3) is 0.167. The van der Waals surface area contributed by atoms with Gasteiger partial charge in [-0.1, -0.05) is 48.5 Å². The number of ether oxygens (including phenoxy) is 2. The second-order valence-corrected chi connectivity index (χ2v) is 7.84. The van der Waals surface area contributed by atoms with Crippen LogP contribution < -0.4 is 9.64 Å². The van der Waals surface area contributed by atoms with Gasteiger partial charge in [-0.15, -0.1) is 11.8 Å². The maximum atomic E-state index is 13.2. The Hall–Kier alpha value is -3.25. The van der Waals surface area contributed by atoms with Crippen LogP contribution in [0.25, 0.3) is 0 Å². The van der Waals surface area contributed by atoms with Crippen LogP contribution in [0.4, 0.5) is 5.69 Å². The van der Waals surface area contributed by atoms with Gasteiger partial charge in [-0.25, -0.2) is 4.79 Å². The Morgan fingerprint density at radius 1 is 1.00 bits per heavy atom. The Balaban J connectivity index is 1.56. The minimum atomic E-state index is -0.557. The molecule has 0 radical (unpaired) electrons. The normalized spacial score (nSPS) is 15.2.